The lowest BCUT2D eigenvalue weighted by Gasteiger charge is -2.27. The second-order valence-corrected chi connectivity index (χ2v) is 3.29. The van der Waals surface area contributed by atoms with Crippen LogP contribution in [0.1, 0.15) is 19.8 Å². The molecule has 3 nitrogen and oxygen atoms in total. The molecule has 0 aromatic rings. The van der Waals surface area contributed by atoms with Gasteiger partial charge in [-0.2, -0.15) is 5.26 Å². The van der Waals surface area contributed by atoms with E-state index in [2.05, 4.69) is 6.07 Å². The van der Waals surface area contributed by atoms with Gasteiger partial charge in [0.1, 0.15) is 5.54 Å². The Morgan fingerprint density at radius 2 is 2.27 bits per heavy atom. The summed E-state index contributed by atoms with van der Waals surface area (Å²) in [5.74, 6) is 0. The van der Waals surface area contributed by atoms with E-state index in [0.29, 0.717) is 0 Å². The van der Waals surface area contributed by atoms with E-state index in [4.69, 9.17) is 10.4 Å². The van der Waals surface area contributed by atoms with Crippen molar-refractivity contribution in [2.24, 2.45) is 0 Å². The van der Waals surface area contributed by atoms with E-state index in [9.17, 15) is 0 Å². The van der Waals surface area contributed by atoms with Gasteiger partial charge in [-0.05, 0) is 26.8 Å². The Kier molecular flexibility index (Phi) is 2.17. The van der Waals surface area contributed by atoms with E-state index in [1.807, 2.05) is 18.9 Å². The van der Waals surface area contributed by atoms with E-state index in [-0.39, 0.29) is 18.2 Å². The Morgan fingerprint density at radius 3 is 2.55 bits per heavy atom. The monoisotopic (exact) mass is 154 g/mol. The summed E-state index contributed by atoms with van der Waals surface area (Å²) in [7, 11) is 1.90. The molecule has 0 bridgehead atoms. The van der Waals surface area contributed by atoms with Gasteiger partial charge in [-0.1, -0.05) is 0 Å². The molecule has 0 spiro atoms. The van der Waals surface area contributed by atoms with Crippen molar-refractivity contribution in [1.29, 1.82) is 5.26 Å². The zero-order valence-electron chi connectivity index (χ0n) is 7.04. The van der Waals surface area contributed by atoms with Crippen LogP contribution in [-0.4, -0.2) is 35.2 Å². The minimum Gasteiger partial charge on any atom is -0.395 e. The molecule has 1 aliphatic rings. The second kappa shape index (κ2) is 2.80. The molecule has 0 aliphatic heterocycles. The van der Waals surface area contributed by atoms with Crippen molar-refractivity contribution in [1.82, 2.24) is 4.90 Å². The molecule has 1 aliphatic carbocycles. The van der Waals surface area contributed by atoms with Gasteiger partial charge >= 0.3 is 0 Å². The summed E-state index contributed by atoms with van der Waals surface area (Å²) < 4.78 is 0. The van der Waals surface area contributed by atoms with Crippen molar-refractivity contribution in [3.63, 3.8) is 0 Å². The maximum atomic E-state index is 8.84. The van der Waals surface area contributed by atoms with Crippen molar-refractivity contribution in [3.8, 4) is 6.07 Å². The quantitative estimate of drug-likeness (QED) is 0.638. The largest absolute Gasteiger partial charge is 0.395 e. The minimum absolute atomic E-state index is 0.0946. The van der Waals surface area contributed by atoms with Gasteiger partial charge in [0, 0.05) is 6.04 Å². The van der Waals surface area contributed by atoms with Crippen LogP contribution in [0.15, 0.2) is 0 Å². The first-order valence-electron chi connectivity index (χ1n) is 3.91. The van der Waals surface area contributed by atoms with Crippen LogP contribution in [-0.2, 0) is 0 Å². The van der Waals surface area contributed by atoms with Gasteiger partial charge in [0.2, 0.25) is 0 Å². The number of hydrogen-bond acceptors (Lipinski definition) is 3. The van der Waals surface area contributed by atoms with E-state index < -0.39 is 0 Å². The number of nitrogens with zero attached hydrogens (tertiary/aromatic N) is 2. The fraction of sp³-hybridized carbons (Fsp3) is 0.875. The smallest absolute Gasteiger partial charge is 0.109 e. The number of nitriles is 1. The molecule has 1 unspecified atom stereocenters. The molecule has 1 fully saturated rings. The second-order valence-electron chi connectivity index (χ2n) is 3.29. The summed E-state index contributed by atoms with van der Waals surface area (Å²) in [4.78, 5) is 1.97. The van der Waals surface area contributed by atoms with E-state index in [1.165, 1.54) is 0 Å². The summed E-state index contributed by atoms with van der Waals surface area (Å²) in [6.45, 7) is 2.05. The Balaban J connectivity index is 2.55. The summed E-state index contributed by atoms with van der Waals surface area (Å²) >= 11 is 0. The van der Waals surface area contributed by atoms with Crippen LogP contribution in [0.4, 0.5) is 0 Å². The fourth-order valence-electron chi connectivity index (χ4n) is 1.21. The standard InChI is InChI=1S/C8H14N2O/c1-7(5-11)10(2)8(6-9)3-4-8/h7,11H,3-5H2,1-2H3. The molecule has 1 atom stereocenters. The SMILES string of the molecule is CC(CO)N(C)C1(C#N)CC1. The maximum Gasteiger partial charge on any atom is 0.109 e. The van der Waals surface area contributed by atoms with Crippen molar-refractivity contribution in [2.45, 2.75) is 31.3 Å². The van der Waals surface area contributed by atoms with Crippen LogP contribution >= 0.6 is 0 Å². The van der Waals surface area contributed by atoms with Gasteiger partial charge in [0.05, 0.1) is 12.7 Å². The molecule has 3 heteroatoms. The predicted molar refractivity (Wildman–Crippen MR) is 41.9 cm³/mol. The van der Waals surface area contributed by atoms with Crippen molar-refractivity contribution < 1.29 is 5.11 Å². The lowest BCUT2D eigenvalue weighted by molar-refractivity contribution is 0.130. The van der Waals surface area contributed by atoms with Crippen molar-refractivity contribution in [2.75, 3.05) is 13.7 Å². The third-order valence-corrected chi connectivity index (χ3v) is 2.53. The van der Waals surface area contributed by atoms with Crippen LogP contribution in [0, 0.1) is 11.3 Å². The highest BCUT2D eigenvalue weighted by Gasteiger charge is 2.48. The molecule has 0 aromatic heterocycles. The van der Waals surface area contributed by atoms with Gasteiger partial charge in [-0.25, -0.2) is 0 Å². The van der Waals surface area contributed by atoms with Crippen molar-refractivity contribution >= 4 is 0 Å². The van der Waals surface area contributed by atoms with Gasteiger partial charge in [-0.15, -0.1) is 0 Å². The maximum absolute atomic E-state index is 8.84. The molecular weight excluding hydrogens is 140 g/mol. The van der Waals surface area contributed by atoms with E-state index in [1.54, 1.807) is 0 Å². The molecule has 11 heavy (non-hydrogen) atoms. The first kappa shape index (κ1) is 8.51. The van der Waals surface area contributed by atoms with E-state index >= 15 is 0 Å². The predicted octanol–water partition coefficient (Wildman–Crippen LogP) is 0.355. The lowest BCUT2D eigenvalue weighted by Crippen LogP contribution is -2.41. The third-order valence-electron chi connectivity index (χ3n) is 2.53. The molecule has 0 amide bonds. The Hall–Kier alpha value is -0.590. The Bertz CT molecular complexity index is 181. The number of hydrogen-bond donors (Lipinski definition) is 1. The lowest BCUT2D eigenvalue weighted by atomic mass is 10.2. The van der Waals surface area contributed by atoms with Crippen LogP contribution in [0.2, 0.25) is 0 Å². The van der Waals surface area contributed by atoms with Gasteiger partial charge in [0.25, 0.3) is 0 Å². The third kappa shape index (κ3) is 1.37. The van der Waals surface area contributed by atoms with Crippen LogP contribution in [0.3, 0.4) is 0 Å². The number of rotatable bonds is 3. The number of aliphatic hydroxyl groups is 1. The van der Waals surface area contributed by atoms with Crippen LogP contribution < -0.4 is 0 Å². The summed E-state index contributed by atoms with van der Waals surface area (Å²) in [5, 5.41) is 17.6. The highest BCUT2D eigenvalue weighted by molar-refractivity contribution is 5.19. The van der Waals surface area contributed by atoms with Crippen LogP contribution in [0.5, 0.6) is 0 Å². The van der Waals surface area contributed by atoms with Gasteiger partial charge in [0.15, 0.2) is 0 Å². The Labute approximate surface area is 67.2 Å². The molecular formula is C8H14N2O. The first-order chi connectivity index (χ1) is 5.16. The minimum atomic E-state index is -0.248. The number of aliphatic hydroxyl groups excluding tert-OH is 1. The molecule has 1 saturated carbocycles. The Morgan fingerprint density at radius 1 is 1.73 bits per heavy atom. The summed E-state index contributed by atoms with van der Waals surface area (Å²) in [5.41, 5.74) is -0.248. The molecule has 0 radical (unpaired) electrons. The van der Waals surface area contributed by atoms with Crippen molar-refractivity contribution in [3.05, 3.63) is 0 Å². The topological polar surface area (TPSA) is 47.3 Å². The van der Waals surface area contributed by atoms with Crippen LogP contribution in [0.25, 0.3) is 0 Å². The van der Waals surface area contributed by atoms with Gasteiger partial charge < -0.3 is 5.11 Å². The summed E-state index contributed by atoms with van der Waals surface area (Å²) in [6, 6.07) is 2.38. The molecule has 62 valence electrons. The highest BCUT2D eigenvalue weighted by atomic mass is 16.3. The van der Waals surface area contributed by atoms with E-state index in [0.717, 1.165) is 12.8 Å². The van der Waals surface area contributed by atoms with Gasteiger partial charge in [-0.3, -0.25) is 4.90 Å². The zero-order valence-corrected chi connectivity index (χ0v) is 7.04. The average molecular weight is 154 g/mol. The molecule has 1 rings (SSSR count). The zero-order chi connectivity index (χ0) is 8.48. The normalized spacial score (nSPS) is 22.8. The number of likely N-dealkylation sites (N-methyl/N-ethyl adjacent to an activating group) is 1. The molecule has 1 N–H and O–H groups in total. The molecule has 0 saturated heterocycles. The molecule has 0 heterocycles. The first-order valence-corrected chi connectivity index (χ1v) is 3.91. The highest BCUT2D eigenvalue weighted by Crippen LogP contribution is 2.40. The summed E-state index contributed by atoms with van der Waals surface area (Å²) in [6.07, 6.45) is 1.90. The molecule has 0 aromatic carbocycles. The fourth-order valence-corrected chi connectivity index (χ4v) is 1.21. The average Bonchev–Trinajstić information content (AvgIpc) is 2.82.